The molecule has 0 saturated heterocycles. The molecule has 0 aliphatic rings. The van der Waals surface area contributed by atoms with E-state index in [0.29, 0.717) is 5.69 Å². The average molecular weight is 313 g/mol. The number of anilines is 1. The predicted molar refractivity (Wildman–Crippen MR) is 66.6 cm³/mol. The fourth-order valence-electron chi connectivity index (χ4n) is 1.43. The minimum Gasteiger partial charge on any atom is -0.477 e. The van der Waals surface area contributed by atoms with Crippen LogP contribution >= 0.6 is 15.9 Å². The van der Waals surface area contributed by atoms with Gasteiger partial charge in [-0.15, -0.1) is 0 Å². The highest BCUT2D eigenvalue weighted by molar-refractivity contribution is 9.10. The number of aromatic nitrogens is 3. The van der Waals surface area contributed by atoms with Gasteiger partial charge in [-0.05, 0) is 22.0 Å². The van der Waals surface area contributed by atoms with Gasteiger partial charge in [0, 0.05) is 23.8 Å². The van der Waals surface area contributed by atoms with E-state index < -0.39 is 5.97 Å². The zero-order valence-corrected chi connectivity index (χ0v) is 10.9. The maximum absolute atomic E-state index is 11.9. The molecule has 0 aliphatic carbocycles. The highest BCUT2D eigenvalue weighted by Crippen LogP contribution is 2.15. The Morgan fingerprint density at radius 1 is 1.50 bits per heavy atom. The summed E-state index contributed by atoms with van der Waals surface area (Å²) in [6.45, 7) is 0. The van der Waals surface area contributed by atoms with Crippen LogP contribution < -0.4 is 5.32 Å². The molecular weight excluding hydrogens is 304 g/mol. The van der Waals surface area contributed by atoms with Gasteiger partial charge in [0.15, 0.2) is 5.82 Å². The zero-order valence-electron chi connectivity index (χ0n) is 9.27. The molecule has 0 fully saturated rings. The number of H-pyrrole nitrogens is 1. The van der Waals surface area contributed by atoms with Crippen molar-refractivity contribution in [2.45, 2.75) is 0 Å². The van der Waals surface area contributed by atoms with E-state index in [1.807, 2.05) is 0 Å². The maximum Gasteiger partial charge on any atom is 0.353 e. The molecular formula is C10H9BrN4O3. The van der Waals surface area contributed by atoms with Crippen LogP contribution in [-0.4, -0.2) is 31.7 Å². The number of rotatable bonds is 3. The monoisotopic (exact) mass is 312 g/mol. The Kier molecular flexibility index (Phi) is 3.19. The molecule has 0 saturated carbocycles. The number of nitrogens with zero attached hydrogens (tertiary/aromatic N) is 2. The van der Waals surface area contributed by atoms with Crippen molar-refractivity contribution in [1.82, 2.24) is 14.8 Å². The number of aromatic carboxylic acids is 1. The molecule has 0 atom stereocenters. The molecule has 2 aromatic heterocycles. The van der Waals surface area contributed by atoms with Crippen molar-refractivity contribution in [1.29, 1.82) is 0 Å². The molecule has 3 N–H and O–H groups in total. The first-order chi connectivity index (χ1) is 8.47. The van der Waals surface area contributed by atoms with E-state index in [4.69, 9.17) is 5.11 Å². The van der Waals surface area contributed by atoms with Crippen molar-refractivity contribution in [3.63, 3.8) is 0 Å². The van der Waals surface area contributed by atoms with E-state index in [9.17, 15) is 9.59 Å². The average Bonchev–Trinajstić information content (AvgIpc) is 2.85. The molecule has 2 aromatic rings. The largest absolute Gasteiger partial charge is 0.477 e. The first-order valence-corrected chi connectivity index (χ1v) is 5.68. The number of nitrogens with one attached hydrogen (secondary N) is 2. The fourth-order valence-corrected chi connectivity index (χ4v) is 1.95. The van der Waals surface area contributed by atoms with Crippen molar-refractivity contribution < 1.29 is 14.7 Å². The van der Waals surface area contributed by atoms with Crippen molar-refractivity contribution >= 4 is 33.6 Å². The molecule has 0 unspecified atom stereocenters. The predicted octanol–water partition coefficient (Wildman–Crippen LogP) is 1.46. The summed E-state index contributed by atoms with van der Waals surface area (Å²) in [7, 11) is 1.73. The molecule has 7 nitrogen and oxygen atoms in total. The third-order valence-corrected chi connectivity index (χ3v) is 2.69. The van der Waals surface area contributed by atoms with Gasteiger partial charge in [-0.1, -0.05) is 0 Å². The van der Waals surface area contributed by atoms with Crippen LogP contribution in [0.3, 0.4) is 0 Å². The van der Waals surface area contributed by atoms with Crippen LogP contribution in [0.25, 0.3) is 0 Å². The lowest BCUT2D eigenvalue weighted by atomic mass is 10.4. The van der Waals surface area contributed by atoms with Crippen LogP contribution in [-0.2, 0) is 7.05 Å². The normalized spacial score (nSPS) is 10.3. The molecule has 2 heterocycles. The first-order valence-electron chi connectivity index (χ1n) is 4.89. The highest BCUT2D eigenvalue weighted by Gasteiger charge is 2.14. The lowest BCUT2D eigenvalue weighted by molar-refractivity contribution is 0.0690. The van der Waals surface area contributed by atoms with Gasteiger partial charge in [0.25, 0.3) is 5.91 Å². The van der Waals surface area contributed by atoms with E-state index in [0.717, 1.165) is 4.47 Å². The number of carbonyl (C=O) groups is 2. The summed E-state index contributed by atoms with van der Waals surface area (Å²) in [6, 6.07) is 2.90. The van der Waals surface area contributed by atoms with E-state index in [1.165, 1.54) is 6.07 Å². The second-order valence-electron chi connectivity index (χ2n) is 3.58. The van der Waals surface area contributed by atoms with Gasteiger partial charge in [-0.25, -0.2) is 4.79 Å². The molecule has 0 radical (unpaired) electrons. The van der Waals surface area contributed by atoms with Gasteiger partial charge in [0.2, 0.25) is 0 Å². The van der Waals surface area contributed by atoms with Crippen LogP contribution in [0.15, 0.2) is 22.8 Å². The third kappa shape index (κ3) is 2.43. The number of carboxylic acids is 1. The number of hydrogen-bond donors (Lipinski definition) is 3. The summed E-state index contributed by atoms with van der Waals surface area (Å²) < 4.78 is 2.42. The van der Waals surface area contributed by atoms with Gasteiger partial charge in [-0.3, -0.25) is 9.89 Å². The van der Waals surface area contributed by atoms with E-state index in [1.54, 1.807) is 23.9 Å². The van der Waals surface area contributed by atoms with Crippen molar-refractivity contribution in [3.8, 4) is 0 Å². The van der Waals surface area contributed by atoms with Crippen LogP contribution in [0.4, 0.5) is 5.82 Å². The number of carboxylic acid groups (broad SMARTS) is 1. The van der Waals surface area contributed by atoms with E-state index in [2.05, 4.69) is 31.4 Å². The standard InChI is InChI=1S/C10H9BrN4O3/c1-15-4-5(11)2-7(15)9(16)12-8-3-6(10(17)18)13-14-8/h2-4H,1H3,(H,17,18)(H2,12,13,14,16). The SMILES string of the molecule is Cn1cc(Br)cc1C(=O)Nc1cc(C(=O)O)[nH]n1. The van der Waals surface area contributed by atoms with Crippen LogP contribution in [0.2, 0.25) is 0 Å². The number of halogens is 1. The van der Waals surface area contributed by atoms with Crippen LogP contribution in [0.5, 0.6) is 0 Å². The smallest absolute Gasteiger partial charge is 0.353 e. The summed E-state index contributed by atoms with van der Waals surface area (Å²) in [5.74, 6) is -1.34. The van der Waals surface area contributed by atoms with Crippen molar-refractivity contribution in [2.24, 2.45) is 7.05 Å². The van der Waals surface area contributed by atoms with Gasteiger partial charge < -0.3 is 15.0 Å². The second kappa shape index (κ2) is 4.65. The van der Waals surface area contributed by atoms with Gasteiger partial charge >= 0.3 is 5.97 Å². The van der Waals surface area contributed by atoms with Crippen molar-refractivity contribution in [3.05, 3.63) is 34.2 Å². The lowest BCUT2D eigenvalue weighted by Crippen LogP contribution is -2.15. The summed E-state index contributed by atoms with van der Waals surface area (Å²) >= 11 is 3.26. The fraction of sp³-hybridized carbons (Fsp3) is 0.100. The van der Waals surface area contributed by atoms with Crippen molar-refractivity contribution in [2.75, 3.05) is 5.32 Å². The van der Waals surface area contributed by atoms with Gasteiger partial charge in [0.05, 0.1) is 0 Å². The van der Waals surface area contributed by atoms with E-state index in [-0.39, 0.29) is 17.4 Å². The Labute approximate surface area is 110 Å². The summed E-state index contributed by atoms with van der Waals surface area (Å²) in [5.41, 5.74) is 0.347. The molecule has 0 aromatic carbocycles. The maximum atomic E-state index is 11.9. The quantitative estimate of drug-likeness (QED) is 0.798. The Morgan fingerprint density at radius 3 is 2.72 bits per heavy atom. The molecule has 1 amide bonds. The molecule has 0 bridgehead atoms. The number of aryl methyl sites for hydroxylation is 1. The first kappa shape index (κ1) is 12.4. The summed E-state index contributed by atoms with van der Waals surface area (Å²) in [6.07, 6.45) is 1.74. The third-order valence-electron chi connectivity index (χ3n) is 2.25. The topological polar surface area (TPSA) is 100 Å². The number of carbonyl (C=O) groups excluding carboxylic acids is 1. The molecule has 8 heteroatoms. The molecule has 2 rings (SSSR count). The Bertz CT molecular complexity index is 616. The molecule has 94 valence electrons. The van der Waals surface area contributed by atoms with Gasteiger partial charge in [0.1, 0.15) is 11.4 Å². The Morgan fingerprint density at radius 2 is 2.22 bits per heavy atom. The second-order valence-corrected chi connectivity index (χ2v) is 4.50. The number of hydrogen-bond acceptors (Lipinski definition) is 3. The number of amides is 1. The zero-order chi connectivity index (χ0) is 13.3. The lowest BCUT2D eigenvalue weighted by Gasteiger charge is -2.02. The van der Waals surface area contributed by atoms with Crippen LogP contribution in [0, 0.1) is 0 Å². The van der Waals surface area contributed by atoms with Crippen LogP contribution in [0.1, 0.15) is 21.0 Å². The summed E-state index contributed by atoms with van der Waals surface area (Å²) in [4.78, 5) is 22.5. The molecule has 18 heavy (non-hydrogen) atoms. The number of aromatic amines is 1. The van der Waals surface area contributed by atoms with Gasteiger partial charge in [-0.2, -0.15) is 5.10 Å². The Balaban J connectivity index is 2.16. The molecule has 0 spiro atoms. The summed E-state index contributed by atoms with van der Waals surface area (Å²) in [5, 5.41) is 17.2. The molecule has 0 aliphatic heterocycles. The minimum absolute atomic E-state index is 0.0849. The van der Waals surface area contributed by atoms with E-state index >= 15 is 0 Å². The highest BCUT2D eigenvalue weighted by atomic mass is 79.9. The Hall–Kier alpha value is -2.09. The minimum atomic E-state index is -1.13.